The molecule has 0 aromatic carbocycles. The fraction of sp³-hybridized carbons (Fsp3) is 0.727. The first-order valence-corrected chi connectivity index (χ1v) is 4.85. The summed E-state index contributed by atoms with van der Waals surface area (Å²) in [7, 11) is 3.81. The highest BCUT2D eigenvalue weighted by atomic mass is 16.1. The molecule has 0 aliphatic heterocycles. The van der Waals surface area contributed by atoms with Crippen molar-refractivity contribution in [2.75, 3.05) is 20.6 Å². The topological polar surface area (TPSA) is 32.3 Å². The van der Waals surface area contributed by atoms with E-state index in [-0.39, 0.29) is 11.3 Å². The highest BCUT2D eigenvalue weighted by Crippen LogP contribution is 2.10. The second kappa shape index (κ2) is 5.03. The van der Waals surface area contributed by atoms with Crippen LogP contribution in [-0.2, 0) is 4.79 Å². The first kappa shape index (κ1) is 13.0. The predicted molar refractivity (Wildman–Crippen MR) is 59.9 cm³/mol. The lowest BCUT2D eigenvalue weighted by molar-refractivity contribution is -0.117. The second-order valence-corrected chi connectivity index (χ2v) is 5.02. The van der Waals surface area contributed by atoms with Crippen molar-refractivity contribution in [2.24, 2.45) is 5.41 Å². The summed E-state index contributed by atoms with van der Waals surface area (Å²) in [4.78, 5) is 13.4. The summed E-state index contributed by atoms with van der Waals surface area (Å²) in [6.07, 6.45) is 1.82. The van der Waals surface area contributed by atoms with Crippen molar-refractivity contribution in [3.63, 3.8) is 0 Å². The SMILES string of the molecule is CC(=CN(C)C)C(=O)NCC(C)(C)C. The minimum absolute atomic E-state index is 0.00799. The van der Waals surface area contributed by atoms with Gasteiger partial charge in [-0.3, -0.25) is 4.79 Å². The van der Waals surface area contributed by atoms with E-state index in [4.69, 9.17) is 0 Å². The van der Waals surface area contributed by atoms with Crippen LogP contribution in [0.15, 0.2) is 11.8 Å². The Bertz CT molecular complexity index is 224. The van der Waals surface area contributed by atoms with Gasteiger partial charge in [0.05, 0.1) is 0 Å². The fourth-order valence-electron chi connectivity index (χ4n) is 0.931. The smallest absolute Gasteiger partial charge is 0.248 e. The predicted octanol–water partition coefficient (Wildman–Crippen LogP) is 1.61. The summed E-state index contributed by atoms with van der Waals surface area (Å²) in [6.45, 7) is 8.80. The molecule has 0 unspecified atom stereocenters. The molecule has 0 bridgehead atoms. The number of carbonyl (C=O) groups excluding carboxylic acids is 1. The van der Waals surface area contributed by atoms with E-state index in [0.29, 0.717) is 6.54 Å². The molecular formula is C11H22N2O. The Morgan fingerprint density at radius 1 is 1.36 bits per heavy atom. The molecule has 0 fully saturated rings. The minimum atomic E-state index is 0.00799. The van der Waals surface area contributed by atoms with E-state index in [2.05, 4.69) is 26.1 Å². The number of amides is 1. The molecule has 0 aliphatic rings. The van der Waals surface area contributed by atoms with Crippen LogP contribution in [0, 0.1) is 5.41 Å². The maximum absolute atomic E-state index is 11.5. The third-order valence-corrected chi connectivity index (χ3v) is 1.59. The Kier molecular flexibility index (Phi) is 4.68. The Labute approximate surface area is 87.2 Å². The van der Waals surface area contributed by atoms with Crippen molar-refractivity contribution in [2.45, 2.75) is 27.7 Å². The quantitative estimate of drug-likeness (QED) is 0.699. The maximum Gasteiger partial charge on any atom is 0.248 e. The molecule has 0 aromatic rings. The molecule has 1 amide bonds. The van der Waals surface area contributed by atoms with Gasteiger partial charge in [-0.1, -0.05) is 20.8 Å². The molecule has 0 heterocycles. The number of rotatable bonds is 3. The zero-order valence-electron chi connectivity index (χ0n) is 10.1. The standard InChI is InChI=1S/C11H22N2O/c1-9(7-13(5)6)10(14)12-8-11(2,3)4/h7H,8H2,1-6H3,(H,12,14). The highest BCUT2D eigenvalue weighted by molar-refractivity contribution is 5.92. The van der Waals surface area contributed by atoms with E-state index in [0.717, 1.165) is 5.57 Å². The van der Waals surface area contributed by atoms with Gasteiger partial charge in [-0.25, -0.2) is 0 Å². The monoisotopic (exact) mass is 198 g/mol. The molecule has 14 heavy (non-hydrogen) atoms. The van der Waals surface area contributed by atoms with Gasteiger partial charge < -0.3 is 10.2 Å². The Morgan fingerprint density at radius 3 is 2.21 bits per heavy atom. The molecule has 3 heteroatoms. The average molecular weight is 198 g/mol. The molecule has 0 atom stereocenters. The normalized spacial score (nSPS) is 12.6. The van der Waals surface area contributed by atoms with Crippen molar-refractivity contribution in [3.05, 3.63) is 11.8 Å². The number of nitrogens with zero attached hydrogens (tertiary/aromatic N) is 1. The number of hydrogen-bond acceptors (Lipinski definition) is 2. The minimum Gasteiger partial charge on any atom is -0.383 e. The van der Waals surface area contributed by atoms with Crippen molar-refractivity contribution < 1.29 is 4.79 Å². The van der Waals surface area contributed by atoms with Crippen LogP contribution >= 0.6 is 0 Å². The van der Waals surface area contributed by atoms with Crippen LogP contribution in [0.2, 0.25) is 0 Å². The summed E-state index contributed by atoms with van der Waals surface area (Å²) < 4.78 is 0. The summed E-state index contributed by atoms with van der Waals surface area (Å²) >= 11 is 0. The van der Waals surface area contributed by atoms with E-state index in [9.17, 15) is 4.79 Å². The third kappa shape index (κ3) is 6.52. The van der Waals surface area contributed by atoms with Crippen molar-refractivity contribution >= 4 is 5.91 Å². The van der Waals surface area contributed by atoms with Crippen molar-refractivity contribution in [3.8, 4) is 0 Å². The van der Waals surface area contributed by atoms with E-state index >= 15 is 0 Å². The number of carbonyl (C=O) groups is 1. The molecule has 0 aliphatic carbocycles. The van der Waals surface area contributed by atoms with Gasteiger partial charge in [0.25, 0.3) is 0 Å². The van der Waals surface area contributed by atoms with Gasteiger partial charge in [-0.2, -0.15) is 0 Å². The van der Waals surface area contributed by atoms with Crippen molar-refractivity contribution in [1.29, 1.82) is 0 Å². The van der Waals surface area contributed by atoms with Crippen LogP contribution in [0.3, 0.4) is 0 Å². The molecule has 82 valence electrons. The number of nitrogens with one attached hydrogen (secondary N) is 1. The molecule has 1 N–H and O–H groups in total. The van der Waals surface area contributed by atoms with Crippen LogP contribution < -0.4 is 5.32 Å². The first-order valence-electron chi connectivity index (χ1n) is 4.85. The zero-order valence-corrected chi connectivity index (χ0v) is 10.1. The molecule has 0 aromatic heterocycles. The molecule has 0 saturated carbocycles. The van der Waals surface area contributed by atoms with Gasteiger partial charge in [0, 0.05) is 32.4 Å². The number of hydrogen-bond donors (Lipinski definition) is 1. The van der Waals surface area contributed by atoms with Gasteiger partial charge in [-0.15, -0.1) is 0 Å². The van der Waals surface area contributed by atoms with Gasteiger partial charge in [0.15, 0.2) is 0 Å². The van der Waals surface area contributed by atoms with E-state index in [1.807, 2.05) is 32.1 Å². The van der Waals surface area contributed by atoms with E-state index in [1.165, 1.54) is 0 Å². The molecule has 0 spiro atoms. The Hall–Kier alpha value is -0.990. The van der Waals surface area contributed by atoms with Gasteiger partial charge in [0.2, 0.25) is 5.91 Å². The lowest BCUT2D eigenvalue weighted by Gasteiger charge is -2.19. The fourth-order valence-corrected chi connectivity index (χ4v) is 0.931. The highest BCUT2D eigenvalue weighted by Gasteiger charge is 2.12. The molecule has 0 radical (unpaired) electrons. The summed E-state index contributed by atoms with van der Waals surface area (Å²) in [5.74, 6) is 0.00799. The molecule has 3 nitrogen and oxygen atoms in total. The molecule has 0 saturated heterocycles. The van der Waals surface area contributed by atoms with Gasteiger partial charge in [-0.05, 0) is 12.3 Å². The summed E-state index contributed by atoms with van der Waals surface area (Å²) in [5.41, 5.74) is 0.868. The average Bonchev–Trinajstić information content (AvgIpc) is 1.97. The lowest BCUT2D eigenvalue weighted by atomic mass is 9.97. The Morgan fingerprint density at radius 2 is 1.86 bits per heavy atom. The van der Waals surface area contributed by atoms with Gasteiger partial charge >= 0.3 is 0 Å². The summed E-state index contributed by atoms with van der Waals surface area (Å²) in [6, 6.07) is 0. The summed E-state index contributed by atoms with van der Waals surface area (Å²) in [5, 5.41) is 2.89. The molecule has 0 rings (SSSR count). The van der Waals surface area contributed by atoms with Crippen LogP contribution in [0.25, 0.3) is 0 Å². The first-order chi connectivity index (χ1) is 6.22. The van der Waals surface area contributed by atoms with E-state index < -0.39 is 0 Å². The third-order valence-electron chi connectivity index (χ3n) is 1.59. The maximum atomic E-state index is 11.5. The van der Waals surface area contributed by atoms with E-state index in [1.54, 1.807) is 0 Å². The van der Waals surface area contributed by atoms with Crippen LogP contribution in [0.4, 0.5) is 0 Å². The molecular weight excluding hydrogens is 176 g/mol. The van der Waals surface area contributed by atoms with Gasteiger partial charge in [0.1, 0.15) is 0 Å². The van der Waals surface area contributed by atoms with Crippen LogP contribution in [0.1, 0.15) is 27.7 Å². The van der Waals surface area contributed by atoms with Crippen LogP contribution in [-0.4, -0.2) is 31.4 Å². The second-order valence-electron chi connectivity index (χ2n) is 5.02. The zero-order chi connectivity index (χ0) is 11.4. The van der Waals surface area contributed by atoms with Crippen LogP contribution in [0.5, 0.6) is 0 Å². The largest absolute Gasteiger partial charge is 0.383 e. The lowest BCUT2D eigenvalue weighted by Crippen LogP contribution is -2.33. The Balaban J connectivity index is 4.10. The van der Waals surface area contributed by atoms with Crippen molar-refractivity contribution in [1.82, 2.24) is 10.2 Å².